The molecule has 122 valence electrons. The minimum absolute atomic E-state index is 0.0358. The Morgan fingerprint density at radius 1 is 1.36 bits per heavy atom. The van der Waals surface area contributed by atoms with Crippen LogP contribution < -0.4 is 0 Å². The lowest BCUT2D eigenvalue weighted by Gasteiger charge is -2.41. The molecule has 1 fully saturated rings. The fourth-order valence-electron chi connectivity index (χ4n) is 2.97. The van der Waals surface area contributed by atoms with E-state index in [9.17, 15) is 13.5 Å². The molecule has 0 heterocycles. The third-order valence-corrected chi connectivity index (χ3v) is 5.95. The Kier molecular flexibility index (Phi) is 5.10. The smallest absolute Gasteiger partial charge is 0.296 e. The van der Waals surface area contributed by atoms with Crippen LogP contribution in [0.2, 0.25) is 0 Å². The molecule has 1 aliphatic carbocycles. The fourth-order valence-corrected chi connectivity index (χ4v) is 3.92. The van der Waals surface area contributed by atoms with Crippen LogP contribution in [0.3, 0.4) is 0 Å². The lowest BCUT2D eigenvalue weighted by Crippen LogP contribution is -2.38. The van der Waals surface area contributed by atoms with E-state index < -0.39 is 10.1 Å². The first kappa shape index (κ1) is 17.2. The number of hydrogen-bond donors (Lipinski definition) is 1. The van der Waals surface area contributed by atoms with Crippen LogP contribution in [-0.4, -0.2) is 26.2 Å². The Labute approximate surface area is 132 Å². The summed E-state index contributed by atoms with van der Waals surface area (Å²) >= 11 is 0. The molecule has 0 bridgehead atoms. The Bertz CT molecular complexity index is 621. The van der Waals surface area contributed by atoms with Crippen LogP contribution in [0.15, 0.2) is 41.8 Å². The van der Waals surface area contributed by atoms with Gasteiger partial charge in [0.25, 0.3) is 10.1 Å². The normalized spacial score (nSPS) is 29.2. The number of aliphatic hydroxyl groups is 1. The van der Waals surface area contributed by atoms with Crippen molar-refractivity contribution in [3.63, 3.8) is 0 Å². The summed E-state index contributed by atoms with van der Waals surface area (Å²) in [4.78, 5) is 0.175. The Morgan fingerprint density at radius 2 is 2.00 bits per heavy atom. The van der Waals surface area contributed by atoms with Crippen molar-refractivity contribution in [1.82, 2.24) is 0 Å². The quantitative estimate of drug-likeness (QED) is 0.668. The standard InChI is InChI=1S/C17H24O4S/c1-4-17(3)11-15(18)8-7-14(17)12-21-22(19,20)16-9-5-13(2)6-10-16/h4-6,9-10,14-15,18H,1,7-8,11-12H2,2-3H3/t14-,15-,17+/m1/s1. The van der Waals surface area contributed by atoms with Gasteiger partial charge in [-0.1, -0.05) is 30.7 Å². The topological polar surface area (TPSA) is 63.6 Å². The molecule has 0 amide bonds. The van der Waals surface area contributed by atoms with Gasteiger partial charge in [-0.15, -0.1) is 6.58 Å². The first-order valence-corrected chi connectivity index (χ1v) is 8.95. The summed E-state index contributed by atoms with van der Waals surface area (Å²) in [5.41, 5.74) is 0.694. The molecule has 0 unspecified atom stereocenters. The van der Waals surface area contributed by atoms with Crippen LogP contribution in [0.25, 0.3) is 0 Å². The van der Waals surface area contributed by atoms with Crippen molar-refractivity contribution in [2.45, 2.75) is 44.1 Å². The first-order chi connectivity index (χ1) is 10.3. The van der Waals surface area contributed by atoms with Gasteiger partial charge in [0.1, 0.15) is 0 Å². The molecule has 0 aliphatic heterocycles. The van der Waals surface area contributed by atoms with Gasteiger partial charge in [-0.2, -0.15) is 8.42 Å². The second kappa shape index (κ2) is 6.52. The number of rotatable bonds is 5. The minimum atomic E-state index is -3.75. The highest BCUT2D eigenvalue weighted by molar-refractivity contribution is 7.86. The second-order valence-electron chi connectivity index (χ2n) is 6.39. The molecular formula is C17H24O4S. The highest BCUT2D eigenvalue weighted by Crippen LogP contribution is 2.42. The van der Waals surface area contributed by atoms with Crippen molar-refractivity contribution in [2.24, 2.45) is 11.3 Å². The van der Waals surface area contributed by atoms with Crippen LogP contribution in [0, 0.1) is 18.3 Å². The molecule has 0 aromatic heterocycles. The molecule has 1 aromatic rings. The Morgan fingerprint density at radius 3 is 2.59 bits per heavy atom. The summed E-state index contributed by atoms with van der Waals surface area (Å²) in [7, 11) is -3.75. The third-order valence-electron chi connectivity index (χ3n) is 4.66. The number of aryl methyl sites for hydroxylation is 1. The van der Waals surface area contributed by atoms with E-state index in [-0.39, 0.29) is 28.9 Å². The van der Waals surface area contributed by atoms with Crippen LogP contribution in [0.4, 0.5) is 0 Å². The maximum Gasteiger partial charge on any atom is 0.296 e. The zero-order valence-corrected chi connectivity index (χ0v) is 14.0. The lowest BCUT2D eigenvalue weighted by molar-refractivity contribution is 0.0213. The van der Waals surface area contributed by atoms with E-state index in [4.69, 9.17) is 4.18 Å². The molecule has 1 aliphatic rings. The zero-order valence-electron chi connectivity index (χ0n) is 13.2. The molecule has 0 radical (unpaired) electrons. The first-order valence-electron chi connectivity index (χ1n) is 7.54. The van der Waals surface area contributed by atoms with E-state index in [0.717, 1.165) is 12.0 Å². The van der Waals surface area contributed by atoms with E-state index >= 15 is 0 Å². The number of benzene rings is 1. The summed E-state index contributed by atoms with van der Waals surface area (Å²) in [6.07, 6.45) is 3.44. The van der Waals surface area contributed by atoms with Gasteiger partial charge in [-0.25, -0.2) is 0 Å². The van der Waals surface area contributed by atoms with Gasteiger partial charge in [-0.3, -0.25) is 4.18 Å². The number of aliphatic hydroxyl groups excluding tert-OH is 1. The van der Waals surface area contributed by atoms with Crippen molar-refractivity contribution in [1.29, 1.82) is 0 Å². The summed E-state index contributed by atoms with van der Waals surface area (Å²) in [5, 5.41) is 9.82. The SMILES string of the molecule is C=C[C@@]1(C)C[C@H](O)CC[C@@H]1COS(=O)(=O)c1ccc(C)cc1. The molecule has 22 heavy (non-hydrogen) atoms. The van der Waals surface area contributed by atoms with E-state index in [2.05, 4.69) is 6.58 Å². The minimum Gasteiger partial charge on any atom is -0.393 e. The van der Waals surface area contributed by atoms with Crippen LogP contribution in [0.5, 0.6) is 0 Å². The zero-order chi connectivity index (χ0) is 16.4. The van der Waals surface area contributed by atoms with Crippen molar-refractivity contribution >= 4 is 10.1 Å². The predicted octanol–water partition coefficient (Wildman–Crippen LogP) is 3.05. The van der Waals surface area contributed by atoms with E-state index in [1.165, 1.54) is 0 Å². The summed E-state index contributed by atoms with van der Waals surface area (Å²) < 4.78 is 29.8. The van der Waals surface area contributed by atoms with Gasteiger partial charge >= 0.3 is 0 Å². The molecule has 3 atom stereocenters. The molecule has 5 heteroatoms. The van der Waals surface area contributed by atoms with E-state index in [0.29, 0.717) is 12.8 Å². The molecule has 1 saturated carbocycles. The summed E-state index contributed by atoms with van der Waals surface area (Å²) in [6.45, 7) is 7.85. The van der Waals surface area contributed by atoms with Crippen molar-refractivity contribution < 1.29 is 17.7 Å². The van der Waals surface area contributed by atoms with E-state index in [1.54, 1.807) is 24.3 Å². The van der Waals surface area contributed by atoms with Gasteiger partial charge in [0, 0.05) is 0 Å². The fraction of sp³-hybridized carbons (Fsp3) is 0.529. The molecule has 1 N–H and O–H groups in total. The number of allylic oxidation sites excluding steroid dienone is 1. The van der Waals surface area contributed by atoms with Crippen molar-refractivity contribution in [2.75, 3.05) is 6.61 Å². The van der Waals surface area contributed by atoms with Gasteiger partial charge in [-0.05, 0) is 49.7 Å². The predicted molar refractivity (Wildman–Crippen MR) is 86.0 cm³/mol. The monoisotopic (exact) mass is 324 g/mol. The largest absolute Gasteiger partial charge is 0.393 e. The van der Waals surface area contributed by atoms with Crippen molar-refractivity contribution in [3.8, 4) is 0 Å². The summed E-state index contributed by atoms with van der Waals surface area (Å²) in [6, 6.07) is 6.62. The average Bonchev–Trinajstić information content (AvgIpc) is 2.47. The molecular weight excluding hydrogens is 300 g/mol. The van der Waals surface area contributed by atoms with Crippen LogP contribution in [-0.2, 0) is 14.3 Å². The molecule has 0 spiro atoms. The molecule has 4 nitrogen and oxygen atoms in total. The highest BCUT2D eigenvalue weighted by atomic mass is 32.2. The maximum atomic E-state index is 12.3. The van der Waals surface area contributed by atoms with E-state index in [1.807, 2.05) is 19.9 Å². The summed E-state index contributed by atoms with van der Waals surface area (Å²) in [5.74, 6) is 0.0358. The molecule has 0 saturated heterocycles. The maximum absolute atomic E-state index is 12.3. The van der Waals surface area contributed by atoms with Gasteiger partial charge < -0.3 is 5.11 Å². The lowest BCUT2D eigenvalue weighted by atomic mass is 9.67. The van der Waals surface area contributed by atoms with Crippen molar-refractivity contribution in [3.05, 3.63) is 42.5 Å². The van der Waals surface area contributed by atoms with Gasteiger partial charge in [0.2, 0.25) is 0 Å². The third kappa shape index (κ3) is 3.77. The second-order valence-corrected chi connectivity index (χ2v) is 8.01. The molecule has 1 aromatic carbocycles. The Balaban J connectivity index is 2.08. The van der Waals surface area contributed by atoms with Crippen LogP contribution in [0.1, 0.15) is 31.7 Å². The highest BCUT2D eigenvalue weighted by Gasteiger charge is 2.38. The number of hydrogen-bond acceptors (Lipinski definition) is 4. The average molecular weight is 324 g/mol. The van der Waals surface area contributed by atoms with Gasteiger partial charge in [0.15, 0.2) is 0 Å². The van der Waals surface area contributed by atoms with Gasteiger partial charge in [0.05, 0.1) is 17.6 Å². The van der Waals surface area contributed by atoms with Crippen LogP contribution >= 0.6 is 0 Å². The Hall–Kier alpha value is -1.17. The molecule has 2 rings (SSSR count).